The molecule has 0 saturated heterocycles. The van der Waals surface area contributed by atoms with Crippen molar-refractivity contribution in [2.45, 2.75) is 0 Å². The Morgan fingerprint density at radius 1 is 0.306 bits per heavy atom. The number of benzene rings is 9. The number of furan rings is 1. The van der Waals surface area contributed by atoms with Gasteiger partial charge in [0.15, 0.2) is 17.5 Å². The molecule has 0 aliphatic carbocycles. The van der Waals surface area contributed by atoms with Crippen molar-refractivity contribution in [1.82, 2.24) is 19.5 Å². The number of nitrogens with zero attached hydrogens (tertiary/aromatic N) is 4. The van der Waals surface area contributed by atoms with Crippen LogP contribution in [0.3, 0.4) is 0 Å². The van der Waals surface area contributed by atoms with E-state index in [2.05, 4.69) is 162 Å². The van der Waals surface area contributed by atoms with E-state index >= 15 is 0 Å². The van der Waals surface area contributed by atoms with Gasteiger partial charge < -0.3 is 8.98 Å². The fourth-order valence-electron chi connectivity index (χ4n) is 8.95. The largest absolute Gasteiger partial charge is 0.455 e. The van der Waals surface area contributed by atoms with E-state index in [-0.39, 0.29) is 0 Å². The molecule has 0 aliphatic heterocycles. The summed E-state index contributed by atoms with van der Waals surface area (Å²) in [7, 11) is 0. The van der Waals surface area contributed by atoms with Gasteiger partial charge in [-0.1, -0.05) is 176 Å². The van der Waals surface area contributed by atoms with E-state index in [0.29, 0.717) is 17.5 Å². The van der Waals surface area contributed by atoms with E-state index in [9.17, 15) is 0 Å². The van der Waals surface area contributed by atoms with Crippen LogP contribution in [-0.4, -0.2) is 19.5 Å². The van der Waals surface area contributed by atoms with E-state index < -0.39 is 0 Å². The molecule has 3 heterocycles. The second kappa shape index (κ2) is 14.7. The minimum atomic E-state index is 0.598. The summed E-state index contributed by atoms with van der Waals surface area (Å²) < 4.78 is 9.73. The predicted octanol–water partition coefficient (Wildman–Crippen LogP) is 14.9. The molecule has 12 aromatic rings. The lowest BCUT2D eigenvalue weighted by atomic mass is 9.94. The highest BCUT2D eigenvalue weighted by Crippen LogP contribution is 2.46. The first-order valence-electron chi connectivity index (χ1n) is 20.9. The maximum absolute atomic E-state index is 7.32. The van der Waals surface area contributed by atoms with E-state index in [0.717, 1.165) is 88.7 Å². The van der Waals surface area contributed by atoms with Crippen LogP contribution in [0.25, 0.3) is 117 Å². The molecule has 0 aliphatic rings. The quantitative estimate of drug-likeness (QED) is 0.161. The molecule has 0 N–H and O–H groups in total. The van der Waals surface area contributed by atoms with Crippen molar-refractivity contribution < 1.29 is 4.42 Å². The minimum absolute atomic E-state index is 0.598. The second-order valence-corrected chi connectivity index (χ2v) is 15.6. The smallest absolute Gasteiger partial charge is 0.164 e. The molecule has 3 aromatic heterocycles. The zero-order valence-corrected chi connectivity index (χ0v) is 33.5. The third-order valence-electron chi connectivity index (χ3n) is 11.8. The average molecular weight is 793 g/mol. The average Bonchev–Trinajstić information content (AvgIpc) is 3.91. The van der Waals surface area contributed by atoms with Gasteiger partial charge in [-0.2, -0.15) is 0 Å². The standard InChI is InChI=1S/C57H36N4O/c1-5-18-37(19-6-1)43-35-47(38-20-7-2-8-21-38)53-48(36-43)52-51(61-49-30-15-13-28-45(49)46-29-14-16-31-50(46)61)33-32-44(54(52)62-53)41-26-17-27-42(34-41)57-59-55(39-22-9-3-10-23-39)58-56(60-57)40-24-11-4-12-25-40/h1-36H. The minimum Gasteiger partial charge on any atom is -0.455 e. The Morgan fingerprint density at radius 2 is 0.790 bits per heavy atom. The highest BCUT2D eigenvalue weighted by molar-refractivity contribution is 6.19. The van der Waals surface area contributed by atoms with Gasteiger partial charge in [0.05, 0.1) is 22.1 Å². The van der Waals surface area contributed by atoms with Crippen molar-refractivity contribution in [2.24, 2.45) is 0 Å². The van der Waals surface area contributed by atoms with Crippen molar-refractivity contribution in [3.05, 3.63) is 218 Å². The molecule has 0 amide bonds. The van der Waals surface area contributed by atoms with Crippen molar-refractivity contribution >= 4 is 43.7 Å². The van der Waals surface area contributed by atoms with Crippen LogP contribution in [-0.2, 0) is 0 Å². The monoisotopic (exact) mass is 792 g/mol. The highest BCUT2D eigenvalue weighted by atomic mass is 16.3. The predicted molar refractivity (Wildman–Crippen MR) is 254 cm³/mol. The van der Waals surface area contributed by atoms with Crippen LogP contribution in [0.2, 0.25) is 0 Å². The zero-order chi connectivity index (χ0) is 41.0. The first-order chi connectivity index (χ1) is 30.7. The molecule has 290 valence electrons. The molecule has 62 heavy (non-hydrogen) atoms. The molecule has 0 atom stereocenters. The van der Waals surface area contributed by atoms with Crippen LogP contribution in [0.4, 0.5) is 0 Å². The fraction of sp³-hybridized carbons (Fsp3) is 0. The first-order valence-corrected chi connectivity index (χ1v) is 20.9. The van der Waals surface area contributed by atoms with Crippen molar-refractivity contribution in [3.63, 3.8) is 0 Å². The fourth-order valence-corrected chi connectivity index (χ4v) is 8.95. The van der Waals surface area contributed by atoms with Gasteiger partial charge in [-0.15, -0.1) is 0 Å². The van der Waals surface area contributed by atoms with Crippen LogP contribution < -0.4 is 0 Å². The number of fused-ring (bicyclic) bond motifs is 6. The molecule has 0 saturated carbocycles. The van der Waals surface area contributed by atoms with Crippen LogP contribution in [0.1, 0.15) is 0 Å². The van der Waals surface area contributed by atoms with Crippen molar-refractivity contribution in [2.75, 3.05) is 0 Å². The van der Waals surface area contributed by atoms with Gasteiger partial charge in [0.2, 0.25) is 0 Å². The molecule has 12 rings (SSSR count). The Hall–Kier alpha value is -8.41. The van der Waals surface area contributed by atoms with Gasteiger partial charge in [-0.3, -0.25) is 0 Å². The SMILES string of the molecule is c1ccc(-c2cc(-c3ccccc3)c3oc4c(-c5cccc(-c6nc(-c7ccccc7)nc(-c7ccccc7)n6)c5)ccc(-n5c6ccccc6c6ccccc65)c4c3c2)cc1. The Bertz CT molecular complexity index is 3500. The third kappa shape index (κ3) is 5.98. The number of hydrogen-bond acceptors (Lipinski definition) is 4. The zero-order valence-electron chi connectivity index (χ0n) is 33.5. The molecule has 5 nitrogen and oxygen atoms in total. The lowest BCUT2D eigenvalue weighted by Crippen LogP contribution is -2.00. The number of para-hydroxylation sites is 2. The summed E-state index contributed by atoms with van der Waals surface area (Å²) in [6, 6.07) is 76.2. The van der Waals surface area contributed by atoms with Gasteiger partial charge in [-0.25, -0.2) is 15.0 Å². The third-order valence-corrected chi connectivity index (χ3v) is 11.8. The molecule has 0 radical (unpaired) electrons. The molecule has 0 unspecified atom stereocenters. The Kier molecular flexibility index (Phi) is 8.42. The van der Waals surface area contributed by atoms with Crippen LogP contribution in [0.15, 0.2) is 223 Å². The lowest BCUT2D eigenvalue weighted by molar-refractivity contribution is 0.671. The lowest BCUT2D eigenvalue weighted by Gasteiger charge is -2.13. The summed E-state index contributed by atoms with van der Waals surface area (Å²) >= 11 is 0. The molecule has 9 aromatic carbocycles. The highest BCUT2D eigenvalue weighted by Gasteiger charge is 2.24. The van der Waals surface area contributed by atoms with Crippen molar-refractivity contribution in [1.29, 1.82) is 0 Å². The summed E-state index contributed by atoms with van der Waals surface area (Å²) in [5.41, 5.74) is 14.1. The maximum Gasteiger partial charge on any atom is 0.164 e. The summed E-state index contributed by atoms with van der Waals surface area (Å²) in [6.07, 6.45) is 0. The van der Waals surface area contributed by atoms with E-state index in [1.165, 1.54) is 10.8 Å². The second-order valence-electron chi connectivity index (χ2n) is 15.6. The Labute approximate surface area is 357 Å². The van der Waals surface area contributed by atoms with Gasteiger partial charge in [0, 0.05) is 44.0 Å². The molecule has 0 fully saturated rings. The van der Waals surface area contributed by atoms with Crippen LogP contribution in [0.5, 0.6) is 0 Å². The summed E-state index contributed by atoms with van der Waals surface area (Å²) in [5.74, 6) is 1.84. The maximum atomic E-state index is 7.32. The topological polar surface area (TPSA) is 56.7 Å². The number of aromatic nitrogens is 4. The number of hydrogen-bond donors (Lipinski definition) is 0. The normalized spacial score (nSPS) is 11.5. The summed E-state index contributed by atoms with van der Waals surface area (Å²) in [5, 5.41) is 4.51. The molecule has 0 spiro atoms. The Balaban J connectivity index is 1.14. The van der Waals surface area contributed by atoms with Gasteiger partial charge >= 0.3 is 0 Å². The summed E-state index contributed by atoms with van der Waals surface area (Å²) in [6.45, 7) is 0. The van der Waals surface area contributed by atoms with E-state index in [1.54, 1.807) is 0 Å². The molecular weight excluding hydrogens is 757 g/mol. The van der Waals surface area contributed by atoms with Crippen molar-refractivity contribution in [3.8, 4) is 73.2 Å². The molecular formula is C57H36N4O. The van der Waals surface area contributed by atoms with Gasteiger partial charge in [-0.05, 0) is 64.7 Å². The van der Waals surface area contributed by atoms with Gasteiger partial charge in [0.25, 0.3) is 0 Å². The van der Waals surface area contributed by atoms with Crippen LogP contribution >= 0.6 is 0 Å². The molecule has 5 heteroatoms. The number of rotatable bonds is 7. The van der Waals surface area contributed by atoms with Crippen LogP contribution in [0, 0.1) is 0 Å². The van der Waals surface area contributed by atoms with E-state index in [4.69, 9.17) is 19.4 Å². The van der Waals surface area contributed by atoms with Gasteiger partial charge in [0.1, 0.15) is 11.2 Å². The van der Waals surface area contributed by atoms with E-state index in [1.807, 2.05) is 60.7 Å². The molecule has 0 bridgehead atoms. The Morgan fingerprint density at radius 3 is 1.39 bits per heavy atom. The first kappa shape index (κ1) is 35.5. The summed E-state index contributed by atoms with van der Waals surface area (Å²) in [4.78, 5) is 15.1.